The smallest absolute Gasteiger partial charge is 0.257 e. The molecule has 1 aromatic heterocycles. The minimum absolute atomic E-state index is 0.0715. The van der Waals surface area contributed by atoms with Gasteiger partial charge in [-0.25, -0.2) is 0 Å². The number of ether oxygens (including phenoxy) is 1. The number of aliphatic hydroxyl groups is 1. The van der Waals surface area contributed by atoms with Crippen LogP contribution in [0.4, 0.5) is 0 Å². The third kappa shape index (κ3) is 4.33. The largest absolute Gasteiger partial charge is 0.496 e. The van der Waals surface area contributed by atoms with Crippen LogP contribution in [0.5, 0.6) is 5.75 Å². The van der Waals surface area contributed by atoms with Gasteiger partial charge in [0.05, 0.1) is 12.7 Å². The highest BCUT2D eigenvalue weighted by Crippen LogP contribution is 2.25. The lowest BCUT2D eigenvalue weighted by Crippen LogP contribution is -2.49. The quantitative estimate of drug-likeness (QED) is 0.866. The van der Waals surface area contributed by atoms with Crippen LogP contribution in [-0.4, -0.2) is 60.6 Å². The first kappa shape index (κ1) is 18.2. The van der Waals surface area contributed by atoms with E-state index in [2.05, 4.69) is 4.90 Å². The molecule has 1 N–H and O–H groups in total. The first-order valence-corrected chi connectivity index (χ1v) is 9.41. The van der Waals surface area contributed by atoms with Crippen molar-refractivity contribution in [3.8, 4) is 5.75 Å². The number of hydrogen-bond acceptors (Lipinski definition) is 5. The topological polar surface area (TPSA) is 53.0 Å². The molecule has 0 radical (unpaired) electrons. The number of β-amino-alcohol motifs (C(OH)–C–C–N with tert-alkyl or cyclic N) is 1. The number of benzene rings is 1. The van der Waals surface area contributed by atoms with Crippen molar-refractivity contribution in [1.82, 2.24) is 9.80 Å². The number of rotatable bonds is 5. The van der Waals surface area contributed by atoms with Gasteiger partial charge in [-0.1, -0.05) is 17.7 Å². The Labute approximate surface area is 156 Å². The zero-order valence-electron chi connectivity index (χ0n) is 14.0. The zero-order chi connectivity index (χ0) is 17.8. The minimum Gasteiger partial charge on any atom is -0.496 e. The Bertz CT molecular complexity index is 715. The summed E-state index contributed by atoms with van der Waals surface area (Å²) in [6.07, 6.45) is -0.477. The van der Waals surface area contributed by atoms with E-state index in [1.54, 1.807) is 36.6 Å². The van der Waals surface area contributed by atoms with E-state index in [-0.39, 0.29) is 5.91 Å². The van der Waals surface area contributed by atoms with Gasteiger partial charge in [0.15, 0.2) is 0 Å². The van der Waals surface area contributed by atoms with Gasteiger partial charge >= 0.3 is 0 Å². The van der Waals surface area contributed by atoms with Crippen LogP contribution in [0.2, 0.25) is 5.02 Å². The molecule has 0 spiro atoms. The summed E-state index contributed by atoms with van der Waals surface area (Å²) >= 11 is 7.58. The molecule has 3 rings (SSSR count). The fraction of sp³-hybridized carbons (Fsp3) is 0.389. The molecule has 1 atom stereocenters. The number of aliphatic hydroxyl groups excluding tert-OH is 1. The minimum atomic E-state index is -0.477. The lowest BCUT2D eigenvalue weighted by atomic mass is 10.1. The van der Waals surface area contributed by atoms with E-state index in [1.807, 2.05) is 22.4 Å². The summed E-state index contributed by atoms with van der Waals surface area (Å²) < 4.78 is 5.28. The van der Waals surface area contributed by atoms with E-state index >= 15 is 0 Å². The van der Waals surface area contributed by atoms with Crippen molar-refractivity contribution in [3.63, 3.8) is 0 Å². The second kappa shape index (κ2) is 8.19. The highest BCUT2D eigenvalue weighted by molar-refractivity contribution is 7.10. The van der Waals surface area contributed by atoms with E-state index in [4.69, 9.17) is 16.3 Å². The summed E-state index contributed by atoms with van der Waals surface area (Å²) in [5.74, 6) is 0.461. The Morgan fingerprint density at radius 3 is 2.72 bits per heavy atom. The van der Waals surface area contributed by atoms with Gasteiger partial charge in [-0.3, -0.25) is 9.69 Å². The number of amides is 1. The lowest BCUT2D eigenvalue weighted by molar-refractivity contribution is 0.0530. The van der Waals surface area contributed by atoms with E-state index in [9.17, 15) is 9.90 Å². The summed E-state index contributed by atoms with van der Waals surface area (Å²) in [6, 6.07) is 8.96. The van der Waals surface area contributed by atoms with Crippen molar-refractivity contribution in [2.45, 2.75) is 6.10 Å². The molecule has 7 heteroatoms. The van der Waals surface area contributed by atoms with Crippen molar-refractivity contribution in [2.75, 3.05) is 39.8 Å². The summed E-state index contributed by atoms with van der Waals surface area (Å²) in [5.41, 5.74) is 0.488. The average Bonchev–Trinajstić information content (AvgIpc) is 3.16. The van der Waals surface area contributed by atoms with Crippen LogP contribution in [-0.2, 0) is 0 Å². The SMILES string of the molecule is COc1ccc(Cl)cc1C(=O)N1CCN(CC(O)c2cccs2)CC1. The molecule has 0 saturated carbocycles. The lowest BCUT2D eigenvalue weighted by Gasteiger charge is -2.35. The number of methoxy groups -OCH3 is 1. The number of carbonyl (C=O) groups excluding carboxylic acids is 1. The van der Waals surface area contributed by atoms with Gasteiger partial charge in [-0.15, -0.1) is 11.3 Å². The Hall–Kier alpha value is -1.60. The first-order valence-electron chi connectivity index (χ1n) is 8.15. The van der Waals surface area contributed by atoms with Crippen LogP contribution in [0.15, 0.2) is 35.7 Å². The third-order valence-corrected chi connectivity index (χ3v) is 5.56. The molecule has 25 heavy (non-hydrogen) atoms. The van der Waals surface area contributed by atoms with Crippen LogP contribution in [0.25, 0.3) is 0 Å². The molecular weight excluding hydrogens is 360 g/mol. The van der Waals surface area contributed by atoms with Crippen LogP contribution >= 0.6 is 22.9 Å². The molecule has 0 aliphatic carbocycles. The molecule has 1 aliphatic rings. The second-order valence-corrected chi connectivity index (χ2v) is 7.38. The maximum absolute atomic E-state index is 12.8. The molecule has 2 aromatic rings. The molecule has 1 amide bonds. The molecule has 1 aromatic carbocycles. The van der Waals surface area contributed by atoms with Gasteiger partial charge < -0.3 is 14.7 Å². The summed E-state index contributed by atoms with van der Waals surface area (Å²) in [6.45, 7) is 3.29. The standard InChI is InChI=1S/C18H21ClN2O3S/c1-24-16-5-4-13(19)11-14(16)18(23)21-8-6-20(7-9-21)12-15(22)17-3-2-10-25-17/h2-5,10-11,15,22H,6-9,12H2,1H3. The van der Waals surface area contributed by atoms with Crippen molar-refractivity contribution >= 4 is 28.8 Å². The Morgan fingerprint density at radius 2 is 2.08 bits per heavy atom. The fourth-order valence-corrected chi connectivity index (χ4v) is 3.84. The monoisotopic (exact) mass is 380 g/mol. The number of nitrogens with zero attached hydrogens (tertiary/aromatic N) is 2. The Morgan fingerprint density at radius 1 is 1.32 bits per heavy atom. The van der Waals surface area contributed by atoms with E-state index in [1.165, 1.54) is 0 Å². The number of carbonyl (C=O) groups is 1. The van der Waals surface area contributed by atoms with Crippen LogP contribution in [0.3, 0.4) is 0 Å². The normalized spacial score (nSPS) is 16.7. The predicted molar refractivity (Wildman–Crippen MR) is 99.6 cm³/mol. The number of thiophene rings is 1. The van der Waals surface area contributed by atoms with Crippen LogP contribution in [0.1, 0.15) is 21.3 Å². The molecule has 1 unspecified atom stereocenters. The van der Waals surface area contributed by atoms with Gasteiger partial charge in [0.25, 0.3) is 5.91 Å². The Kier molecular flexibility index (Phi) is 5.96. The fourth-order valence-electron chi connectivity index (χ4n) is 2.97. The van der Waals surface area contributed by atoms with E-state index in [0.29, 0.717) is 36.0 Å². The molecule has 1 fully saturated rings. The maximum atomic E-state index is 12.8. The number of hydrogen-bond donors (Lipinski definition) is 1. The average molecular weight is 381 g/mol. The van der Waals surface area contributed by atoms with E-state index in [0.717, 1.165) is 18.0 Å². The summed E-state index contributed by atoms with van der Waals surface area (Å²) in [5, 5.41) is 12.8. The second-order valence-electron chi connectivity index (χ2n) is 5.97. The summed E-state index contributed by atoms with van der Waals surface area (Å²) in [4.78, 5) is 17.7. The molecule has 134 valence electrons. The van der Waals surface area contributed by atoms with E-state index < -0.39 is 6.10 Å². The van der Waals surface area contributed by atoms with Gasteiger partial charge in [0, 0.05) is 42.6 Å². The van der Waals surface area contributed by atoms with Gasteiger partial charge in [0.2, 0.25) is 0 Å². The number of halogens is 1. The van der Waals surface area contributed by atoms with Crippen LogP contribution in [0, 0.1) is 0 Å². The maximum Gasteiger partial charge on any atom is 0.257 e. The first-order chi connectivity index (χ1) is 12.1. The number of piperazine rings is 1. The third-order valence-electron chi connectivity index (χ3n) is 4.35. The van der Waals surface area contributed by atoms with Crippen molar-refractivity contribution in [3.05, 3.63) is 51.2 Å². The molecule has 1 saturated heterocycles. The van der Waals surface area contributed by atoms with Crippen molar-refractivity contribution in [1.29, 1.82) is 0 Å². The highest BCUT2D eigenvalue weighted by Gasteiger charge is 2.25. The Balaban J connectivity index is 1.59. The molecular formula is C18H21ClN2O3S. The zero-order valence-corrected chi connectivity index (χ0v) is 15.6. The predicted octanol–water partition coefficient (Wildman–Crippen LogP) is 2.90. The molecule has 2 heterocycles. The van der Waals surface area contributed by atoms with Crippen LogP contribution < -0.4 is 4.74 Å². The summed E-state index contributed by atoms with van der Waals surface area (Å²) in [7, 11) is 1.55. The van der Waals surface area contributed by atoms with Crippen molar-refractivity contribution in [2.24, 2.45) is 0 Å². The molecule has 1 aliphatic heterocycles. The molecule has 0 bridgehead atoms. The molecule has 5 nitrogen and oxygen atoms in total. The van der Waals surface area contributed by atoms with Crippen molar-refractivity contribution < 1.29 is 14.6 Å². The van der Waals surface area contributed by atoms with Gasteiger partial charge in [0.1, 0.15) is 11.9 Å². The van der Waals surface area contributed by atoms with Gasteiger partial charge in [-0.2, -0.15) is 0 Å². The van der Waals surface area contributed by atoms with Gasteiger partial charge in [-0.05, 0) is 29.6 Å². The highest BCUT2D eigenvalue weighted by atomic mass is 35.5.